The zero-order valence-corrected chi connectivity index (χ0v) is 12.1. The van der Waals surface area contributed by atoms with Gasteiger partial charge in [-0.3, -0.25) is 9.20 Å². The molecule has 20 heavy (non-hydrogen) atoms. The average Bonchev–Trinajstić information content (AvgIpc) is 2.99. The summed E-state index contributed by atoms with van der Waals surface area (Å²) in [7, 11) is 0. The zero-order chi connectivity index (χ0) is 13.9. The van der Waals surface area contributed by atoms with Gasteiger partial charge in [0.15, 0.2) is 4.96 Å². The summed E-state index contributed by atoms with van der Waals surface area (Å²) >= 11 is 1.57. The van der Waals surface area contributed by atoms with Crippen LogP contribution in [0.4, 0.5) is 0 Å². The average molecular weight is 293 g/mol. The molecule has 1 aliphatic carbocycles. The van der Waals surface area contributed by atoms with Gasteiger partial charge in [-0.2, -0.15) is 0 Å². The lowest BCUT2D eigenvalue weighted by molar-refractivity contribution is -0.121. The van der Waals surface area contributed by atoms with Crippen LogP contribution in [0.1, 0.15) is 31.4 Å². The largest absolute Gasteiger partial charge is 0.396 e. The molecule has 1 saturated carbocycles. The van der Waals surface area contributed by atoms with Gasteiger partial charge in [-0.1, -0.05) is 6.42 Å². The van der Waals surface area contributed by atoms with E-state index in [1.54, 1.807) is 11.3 Å². The highest BCUT2D eigenvalue weighted by molar-refractivity contribution is 7.15. The Hall–Kier alpha value is -1.40. The molecule has 108 valence electrons. The van der Waals surface area contributed by atoms with E-state index in [4.69, 9.17) is 0 Å². The maximum absolute atomic E-state index is 12.1. The fraction of sp³-hybridized carbons (Fsp3) is 0.571. The highest BCUT2D eigenvalue weighted by atomic mass is 32.1. The van der Waals surface area contributed by atoms with E-state index in [-0.39, 0.29) is 18.6 Å². The molecule has 2 aromatic heterocycles. The number of aliphatic hydroxyl groups is 1. The first-order valence-corrected chi connectivity index (χ1v) is 7.94. The topological polar surface area (TPSA) is 66.6 Å². The van der Waals surface area contributed by atoms with Gasteiger partial charge in [0.05, 0.1) is 12.1 Å². The number of thiazole rings is 1. The van der Waals surface area contributed by atoms with Crippen molar-refractivity contribution in [2.45, 2.75) is 38.1 Å². The molecule has 3 rings (SSSR count). The molecule has 2 heterocycles. The van der Waals surface area contributed by atoms with Crippen LogP contribution in [0.3, 0.4) is 0 Å². The number of aliphatic hydroxyl groups excluding tert-OH is 1. The van der Waals surface area contributed by atoms with Gasteiger partial charge in [0.2, 0.25) is 5.91 Å². The Balaban J connectivity index is 1.55. The molecule has 0 aliphatic heterocycles. The van der Waals surface area contributed by atoms with Crippen molar-refractivity contribution in [2.24, 2.45) is 5.92 Å². The highest BCUT2D eigenvalue weighted by Gasteiger charge is 2.22. The third kappa shape index (κ3) is 3.02. The van der Waals surface area contributed by atoms with Gasteiger partial charge in [0, 0.05) is 30.4 Å². The number of aromatic nitrogens is 2. The first-order valence-electron chi connectivity index (χ1n) is 7.06. The summed E-state index contributed by atoms with van der Waals surface area (Å²) in [6.07, 6.45) is 8.23. The third-order valence-corrected chi connectivity index (χ3v) is 4.66. The molecule has 5 nitrogen and oxygen atoms in total. The minimum Gasteiger partial charge on any atom is -0.396 e. The summed E-state index contributed by atoms with van der Waals surface area (Å²) in [5.74, 6) is 0.367. The monoisotopic (exact) mass is 293 g/mol. The van der Waals surface area contributed by atoms with Crippen LogP contribution in [0.25, 0.3) is 4.96 Å². The smallest absolute Gasteiger partial charge is 0.226 e. The van der Waals surface area contributed by atoms with Crippen molar-refractivity contribution in [3.63, 3.8) is 0 Å². The summed E-state index contributed by atoms with van der Waals surface area (Å²) in [6.45, 7) is 0.226. The van der Waals surface area contributed by atoms with Crippen molar-refractivity contribution >= 4 is 22.2 Å². The van der Waals surface area contributed by atoms with E-state index >= 15 is 0 Å². The minimum atomic E-state index is 0.0272. The van der Waals surface area contributed by atoms with E-state index in [2.05, 4.69) is 10.3 Å². The normalized spacial score (nSPS) is 23.1. The van der Waals surface area contributed by atoms with E-state index in [9.17, 15) is 9.90 Å². The molecule has 1 amide bonds. The van der Waals surface area contributed by atoms with Crippen LogP contribution in [0.2, 0.25) is 0 Å². The molecule has 0 saturated heterocycles. The van der Waals surface area contributed by atoms with E-state index < -0.39 is 0 Å². The van der Waals surface area contributed by atoms with Crippen LogP contribution in [0.5, 0.6) is 0 Å². The number of hydrogen-bond donors (Lipinski definition) is 2. The van der Waals surface area contributed by atoms with Gasteiger partial charge in [0.25, 0.3) is 0 Å². The summed E-state index contributed by atoms with van der Waals surface area (Å²) in [5.41, 5.74) is 0.809. The molecule has 0 spiro atoms. The predicted octanol–water partition coefficient (Wildman–Crippen LogP) is 1.61. The third-order valence-electron chi connectivity index (χ3n) is 3.89. The summed E-state index contributed by atoms with van der Waals surface area (Å²) in [5, 5.41) is 14.3. The molecule has 0 radical (unpaired) electrons. The van der Waals surface area contributed by atoms with Crippen molar-refractivity contribution in [1.29, 1.82) is 0 Å². The Labute approximate surface area is 121 Å². The number of imidazole rings is 1. The van der Waals surface area contributed by atoms with Crippen LogP contribution in [-0.4, -0.2) is 33.0 Å². The number of carbonyl (C=O) groups excluding carboxylic acids is 1. The quantitative estimate of drug-likeness (QED) is 0.900. The van der Waals surface area contributed by atoms with E-state index in [0.29, 0.717) is 12.3 Å². The van der Waals surface area contributed by atoms with Gasteiger partial charge in [0.1, 0.15) is 0 Å². The second-order valence-electron chi connectivity index (χ2n) is 5.48. The number of hydrogen-bond acceptors (Lipinski definition) is 4. The SMILES string of the molecule is O=C(Cc1cn2ccsc2n1)N[C@@H]1CCC[C@@H](CO)C1. The molecule has 1 fully saturated rings. The second-order valence-corrected chi connectivity index (χ2v) is 6.35. The molecule has 1 aliphatic rings. The van der Waals surface area contributed by atoms with Crippen LogP contribution in [-0.2, 0) is 11.2 Å². The van der Waals surface area contributed by atoms with Crippen LogP contribution in [0.15, 0.2) is 17.8 Å². The molecule has 2 atom stereocenters. The first-order chi connectivity index (χ1) is 9.74. The summed E-state index contributed by atoms with van der Waals surface area (Å²) < 4.78 is 1.94. The number of nitrogens with one attached hydrogen (secondary N) is 1. The Bertz CT molecular complexity index is 564. The molecule has 0 unspecified atom stereocenters. The summed E-state index contributed by atoms with van der Waals surface area (Å²) in [6, 6.07) is 0.206. The van der Waals surface area contributed by atoms with E-state index in [1.807, 2.05) is 22.2 Å². The fourth-order valence-corrected chi connectivity index (χ4v) is 3.61. The van der Waals surface area contributed by atoms with Crippen molar-refractivity contribution in [3.05, 3.63) is 23.5 Å². The van der Waals surface area contributed by atoms with E-state index in [0.717, 1.165) is 36.3 Å². The van der Waals surface area contributed by atoms with Crippen molar-refractivity contribution < 1.29 is 9.90 Å². The second kappa shape index (κ2) is 5.93. The van der Waals surface area contributed by atoms with Crippen molar-refractivity contribution in [2.75, 3.05) is 6.61 Å². The number of nitrogens with zero attached hydrogens (tertiary/aromatic N) is 2. The van der Waals surface area contributed by atoms with Crippen LogP contribution in [0, 0.1) is 5.92 Å². The number of carbonyl (C=O) groups is 1. The van der Waals surface area contributed by atoms with Gasteiger partial charge >= 0.3 is 0 Å². The van der Waals surface area contributed by atoms with Crippen molar-refractivity contribution in [3.8, 4) is 0 Å². The lowest BCUT2D eigenvalue weighted by atomic mass is 9.86. The van der Waals surface area contributed by atoms with Gasteiger partial charge in [-0.15, -0.1) is 11.3 Å². The van der Waals surface area contributed by atoms with E-state index in [1.165, 1.54) is 0 Å². The molecule has 2 aromatic rings. The van der Waals surface area contributed by atoms with Crippen LogP contribution >= 0.6 is 11.3 Å². The Morgan fingerprint density at radius 3 is 3.25 bits per heavy atom. The Kier molecular flexibility index (Phi) is 4.03. The highest BCUT2D eigenvalue weighted by Crippen LogP contribution is 2.23. The lowest BCUT2D eigenvalue weighted by Crippen LogP contribution is -2.39. The van der Waals surface area contributed by atoms with Crippen molar-refractivity contribution in [1.82, 2.24) is 14.7 Å². The number of fused-ring (bicyclic) bond motifs is 1. The van der Waals surface area contributed by atoms with Gasteiger partial charge in [-0.25, -0.2) is 4.98 Å². The zero-order valence-electron chi connectivity index (χ0n) is 11.3. The minimum absolute atomic E-state index is 0.0272. The standard InChI is InChI=1S/C14H19N3O2S/c18-9-10-2-1-3-11(6-10)15-13(19)7-12-8-17-4-5-20-14(17)16-12/h4-5,8,10-11,18H,1-3,6-7,9H2,(H,15,19)/t10-,11-/m1/s1. The fourth-order valence-electron chi connectivity index (χ4n) is 2.89. The molecule has 0 aromatic carbocycles. The summed E-state index contributed by atoms with van der Waals surface area (Å²) in [4.78, 5) is 17.4. The maximum Gasteiger partial charge on any atom is 0.226 e. The number of rotatable bonds is 4. The maximum atomic E-state index is 12.1. The molecule has 6 heteroatoms. The molecule has 0 bridgehead atoms. The predicted molar refractivity (Wildman–Crippen MR) is 77.7 cm³/mol. The molecule has 2 N–H and O–H groups in total. The number of amides is 1. The van der Waals surface area contributed by atoms with Gasteiger partial charge < -0.3 is 10.4 Å². The van der Waals surface area contributed by atoms with Crippen LogP contribution < -0.4 is 5.32 Å². The Morgan fingerprint density at radius 2 is 2.45 bits per heavy atom. The molecular weight excluding hydrogens is 274 g/mol. The lowest BCUT2D eigenvalue weighted by Gasteiger charge is -2.28. The Morgan fingerprint density at radius 1 is 1.55 bits per heavy atom. The van der Waals surface area contributed by atoms with Gasteiger partial charge in [-0.05, 0) is 25.2 Å². The first kappa shape index (κ1) is 13.6. The molecular formula is C14H19N3O2S.